The van der Waals surface area contributed by atoms with E-state index >= 15 is 0 Å². The molecule has 1 fully saturated rings. The molecule has 0 unspecified atom stereocenters. The van der Waals surface area contributed by atoms with Gasteiger partial charge in [-0.25, -0.2) is 4.98 Å². The van der Waals surface area contributed by atoms with Crippen molar-refractivity contribution >= 4 is 11.7 Å². The van der Waals surface area contributed by atoms with Crippen LogP contribution in [-0.2, 0) is 4.79 Å². The molecule has 1 aromatic rings. The zero-order chi connectivity index (χ0) is 9.97. The fourth-order valence-electron chi connectivity index (χ4n) is 1.67. The Morgan fingerprint density at radius 1 is 1.36 bits per heavy atom. The number of piperidine rings is 1. The van der Waals surface area contributed by atoms with E-state index in [1.54, 1.807) is 11.1 Å². The van der Waals surface area contributed by atoms with Gasteiger partial charge in [-0.05, 0) is 31.4 Å². The molecule has 0 atom stereocenters. The number of aromatic nitrogens is 1. The van der Waals surface area contributed by atoms with Crippen molar-refractivity contribution in [3.8, 4) is 0 Å². The smallest absolute Gasteiger partial charge is 0.228 e. The number of carbonyl (C=O) groups excluding carboxylic acids is 1. The number of pyridine rings is 1. The van der Waals surface area contributed by atoms with Crippen LogP contribution in [-0.4, -0.2) is 17.4 Å². The van der Waals surface area contributed by atoms with Crippen LogP contribution in [0.3, 0.4) is 0 Å². The van der Waals surface area contributed by atoms with Gasteiger partial charge < -0.3 is 0 Å². The topological polar surface area (TPSA) is 33.2 Å². The molecule has 14 heavy (non-hydrogen) atoms. The van der Waals surface area contributed by atoms with Crippen molar-refractivity contribution < 1.29 is 4.79 Å². The lowest BCUT2D eigenvalue weighted by molar-refractivity contribution is -0.119. The first kappa shape index (κ1) is 9.19. The van der Waals surface area contributed by atoms with Gasteiger partial charge in [0.05, 0.1) is 0 Å². The molecule has 0 N–H and O–H groups in total. The van der Waals surface area contributed by atoms with E-state index in [1.165, 1.54) is 0 Å². The zero-order valence-electron chi connectivity index (χ0n) is 8.36. The van der Waals surface area contributed by atoms with Crippen LogP contribution in [0.25, 0.3) is 0 Å². The second-order valence-corrected chi connectivity index (χ2v) is 3.70. The van der Waals surface area contributed by atoms with E-state index in [9.17, 15) is 4.79 Å². The molecule has 1 amide bonds. The second-order valence-electron chi connectivity index (χ2n) is 3.70. The Hall–Kier alpha value is -1.38. The van der Waals surface area contributed by atoms with Crippen LogP contribution in [0.2, 0.25) is 0 Å². The number of carbonyl (C=O) groups is 1. The molecular weight excluding hydrogens is 176 g/mol. The maximum Gasteiger partial charge on any atom is 0.228 e. The maximum atomic E-state index is 11.6. The highest BCUT2D eigenvalue weighted by atomic mass is 16.2. The van der Waals surface area contributed by atoms with Crippen LogP contribution >= 0.6 is 0 Å². The SMILES string of the molecule is Cc1ccc(N2CCCCC2=O)nc1. The van der Waals surface area contributed by atoms with Gasteiger partial charge in [0.2, 0.25) is 5.91 Å². The van der Waals surface area contributed by atoms with E-state index in [0.29, 0.717) is 6.42 Å². The van der Waals surface area contributed by atoms with Crippen molar-refractivity contribution in [3.05, 3.63) is 23.9 Å². The Kier molecular flexibility index (Phi) is 2.48. The summed E-state index contributed by atoms with van der Waals surface area (Å²) in [5.41, 5.74) is 1.12. The lowest BCUT2D eigenvalue weighted by atomic mass is 10.1. The van der Waals surface area contributed by atoms with Crippen molar-refractivity contribution in [2.24, 2.45) is 0 Å². The van der Waals surface area contributed by atoms with E-state index in [4.69, 9.17) is 0 Å². The Balaban J connectivity index is 2.20. The number of anilines is 1. The molecule has 0 radical (unpaired) electrons. The van der Waals surface area contributed by atoms with Crippen LogP contribution in [0.15, 0.2) is 18.3 Å². The fourth-order valence-corrected chi connectivity index (χ4v) is 1.67. The third kappa shape index (κ3) is 1.76. The molecule has 1 aliphatic heterocycles. The van der Waals surface area contributed by atoms with Gasteiger partial charge in [-0.15, -0.1) is 0 Å². The summed E-state index contributed by atoms with van der Waals surface area (Å²) in [6.45, 7) is 2.81. The summed E-state index contributed by atoms with van der Waals surface area (Å²) < 4.78 is 0. The number of hydrogen-bond donors (Lipinski definition) is 0. The summed E-state index contributed by atoms with van der Waals surface area (Å²) in [4.78, 5) is 17.6. The summed E-state index contributed by atoms with van der Waals surface area (Å²) in [5, 5.41) is 0. The average molecular weight is 190 g/mol. The normalized spacial score (nSPS) is 17.2. The predicted octanol–water partition coefficient (Wildman–Crippen LogP) is 1.91. The highest BCUT2D eigenvalue weighted by molar-refractivity contribution is 5.92. The average Bonchev–Trinajstić information content (AvgIpc) is 2.20. The molecule has 74 valence electrons. The summed E-state index contributed by atoms with van der Waals surface area (Å²) in [6.07, 6.45) is 4.56. The molecule has 0 aromatic carbocycles. The molecule has 0 spiro atoms. The number of nitrogens with zero attached hydrogens (tertiary/aromatic N) is 2. The van der Waals surface area contributed by atoms with Gasteiger partial charge >= 0.3 is 0 Å². The second kappa shape index (κ2) is 3.78. The minimum atomic E-state index is 0.201. The Bertz CT molecular complexity index is 332. The van der Waals surface area contributed by atoms with Crippen molar-refractivity contribution in [2.45, 2.75) is 26.2 Å². The van der Waals surface area contributed by atoms with Gasteiger partial charge in [-0.1, -0.05) is 6.07 Å². The van der Waals surface area contributed by atoms with Crippen molar-refractivity contribution in [3.63, 3.8) is 0 Å². The molecule has 0 aliphatic carbocycles. The Morgan fingerprint density at radius 3 is 2.86 bits per heavy atom. The quantitative estimate of drug-likeness (QED) is 0.677. The van der Waals surface area contributed by atoms with Gasteiger partial charge in [-0.2, -0.15) is 0 Å². The first-order valence-corrected chi connectivity index (χ1v) is 5.00. The minimum Gasteiger partial charge on any atom is -0.297 e. The van der Waals surface area contributed by atoms with E-state index in [2.05, 4.69) is 4.98 Å². The zero-order valence-corrected chi connectivity index (χ0v) is 8.36. The summed E-state index contributed by atoms with van der Waals surface area (Å²) >= 11 is 0. The highest BCUT2D eigenvalue weighted by Gasteiger charge is 2.19. The molecule has 2 heterocycles. The molecular formula is C11H14N2O. The van der Waals surface area contributed by atoms with Crippen LogP contribution in [0.1, 0.15) is 24.8 Å². The molecule has 1 aromatic heterocycles. The molecule has 1 saturated heterocycles. The van der Waals surface area contributed by atoms with Crippen LogP contribution in [0.5, 0.6) is 0 Å². The van der Waals surface area contributed by atoms with E-state index < -0.39 is 0 Å². The third-order valence-electron chi connectivity index (χ3n) is 2.50. The summed E-state index contributed by atoms with van der Waals surface area (Å²) in [6, 6.07) is 3.91. The molecule has 1 aliphatic rings. The molecule has 0 saturated carbocycles. The molecule has 2 rings (SSSR count). The fraction of sp³-hybridized carbons (Fsp3) is 0.455. The van der Waals surface area contributed by atoms with Crippen LogP contribution in [0, 0.1) is 6.92 Å². The monoisotopic (exact) mass is 190 g/mol. The molecule has 0 bridgehead atoms. The van der Waals surface area contributed by atoms with Crippen molar-refractivity contribution in [1.82, 2.24) is 4.98 Å². The number of amides is 1. The van der Waals surface area contributed by atoms with E-state index in [0.717, 1.165) is 30.8 Å². The van der Waals surface area contributed by atoms with Crippen molar-refractivity contribution in [2.75, 3.05) is 11.4 Å². The van der Waals surface area contributed by atoms with Gasteiger partial charge in [0.15, 0.2) is 0 Å². The summed E-state index contributed by atoms with van der Waals surface area (Å²) in [5.74, 6) is 0.993. The molecule has 3 heteroatoms. The largest absolute Gasteiger partial charge is 0.297 e. The van der Waals surface area contributed by atoms with E-state index in [-0.39, 0.29) is 5.91 Å². The molecule has 3 nitrogen and oxygen atoms in total. The standard InChI is InChI=1S/C11H14N2O/c1-9-5-6-10(12-8-9)13-7-3-2-4-11(13)14/h5-6,8H,2-4,7H2,1H3. The number of rotatable bonds is 1. The summed E-state index contributed by atoms with van der Waals surface area (Å²) in [7, 11) is 0. The highest BCUT2D eigenvalue weighted by Crippen LogP contribution is 2.18. The van der Waals surface area contributed by atoms with Gasteiger partial charge in [0.25, 0.3) is 0 Å². The first-order chi connectivity index (χ1) is 6.77. The van der Waals surface area contributed by atoms with Gasteiger partial charge in [0, 0.05) is 19.2 Å². The van der Waals surface area contributed by atoms with Gasteiger partial charge in [0.1, 0.15) is 5.82 Å². The predicted molar refractivity (Wildman–Crippen MR) is 55.2 cm³/mol. The maximum absolute atomic E-state index is 11.6. The Morgan fingerprint density at radius 2 is 2.21 bits per heavy atom. The lowest BCUT2D eigenvalue weighted by Crippen LogP contribution is -2.35. The third-order valence-corrected chi connectivity index (χ3v) is 2.50. The van der Waals surface area contributed by atoms with Crippen LogP contribution < -0.4 is 4.90 Å². The minimum absolute atomic E-state index is 0.201. The Labute approximate surface area is 83.8 Å². The van der Waals surface area contributed by atoms with Crippen LogP contribution in [0.4, 0.5) is 5.82 Å². The lowest BCUT2D eigenvalue weighted by Gasteiger charge is -2.25. The van der Waals surface area contributed by atoms with E-state index in [1.807, 2.05) is 19.1 Å². The van der Waals surface area contributed by atoms with Gasteiger partial charge in [-0.3, -0.25) is 9.69 Å². The first-order valence-electron chi connectivity index (χ1n) is 5.00. The van der Waals surface area contributed by atoms with Crippen molar-refractivity contribution in [1.29, 1.82) is 0 Å². The number of aryl methyl sites for hydroxylation is 1. The number of hydrogen-bond acceptors (Lipinski definition) is 2.